The largest absolute Gasteiger partial charge is 0.465 e. The Bertz CT molecular complexity index is 969. The Hall–Kier alpha value is -2.16. The van der Waals surface area contributed by atoms with Crippen LogP contribution in [0.5, 0.6) is 0 Å². The molecule has 4 aliphatic rings. The molecule has 2 amide bonds. The van der Waals surface area contributed by atoms with E-state index in [0.29, 0.717) is 31.0 Å². The number of rotatable bonds is 9. The van der Waals surface area contributed by atoms with Crippen molar-refractivity contribution in [2.24, 2.45) is 11.8 Å². The highest BCUT2D eigenvalue weighted by Crippen LogP contribution is 2.33. The minimum Gasteiger partial charge on any atom is -0.465 e. The van der Waals surface area contributed by atoms with Crippen LogP contribution in [-0.2, 0) is 9.53 Å². The molecule has 8 nitrogen and oxygen atoms in total. The van der Waals surface area contributed by atoms with Crippen molar-refractivity contribution in [1.29, 1.82) is 0 Å². The number of carbonyl (C=O) groups excluding carboxylic acids is 1. The summed E-state index contributed by atoms with van der Waals surface area (Å²) in [5.74, 6) is 1.08. The van der Waals surface area contributed by atoms with Crippen LogP contribution in [0.3, 0.4) is 0 Å². The number of hydrogen-bond acceptors (Lipinski definition) is 5. The Morgan fingerprint density at radius 3 is 2.20 bits per heavy atom. The molecule has 0 spiro atoms. The number of ether oxygens (including phenoxy) is 1. The lowest BCUT2D eigenvalue weighted by Crippen LogP contribution is -2.51. The van der Waals surface area contributed by atoms with E-state index in [2.05, 4.69) is 49.2 Å². The third kappa shape index (κ3) is 14.0. The highest BCUT2D eigenvalue weighted by molar-refractivity contribution is 5.87. The zero-order chi connectivity index (χ0) is 32.7. The standard InChI is InChI=1S/C25H41NO3.C12H22N2O2/c1-5-6-7-24(28)26-22-13-11-20(12-14-22)10-8-19(2)9-15-23-16-21(18-27)17-25(3,4)29-23;15-12(16)14-9-7-13(8-10-14)11-5-3-1-2-4-6-11/h6-9,15,20-23,27H,5,10-14,16-18H2,1-4H3,(H,26,28);11H,1-10H2,(H,15,16)/b7-6-,15-9+,19-8+;. The molecule has 4 rings (SSSR count). The monoisotopic (exact) mass is 629 g/mol. The molecule has 0 bridgehead atoms. The number of amides is 2. The van der Waals surface area contributed by atoms with Crippen LogP contribution in [-0.4, -0.2) is 88.6 Å². The topological polar surface area (TPSA) is 102 Å². The van der Waals surface area contributed by atoms with E-state index in [4.69, 9.17) is 9.84 Å². The Kier molecular flexibility index (Phi) is 16.2. The normalized spacial score (nSPS) is 28.8. The van der Waals surface area contributed by atoms with Crippen molar-refractivity contribution in [1.82, 2.24) is 15.1 Å². The fourth-order valence-electron chi connectivity index (χ4n) is 7.47. The average molecular weight is 630 g/mol. The number of allylic oxidation sites excluding steroid dienone is 4. The molecular weight excluding hydrogens is 566 g/mol. The van der Waals surface area contributed by atoms with Crippen LogP contribution >= 0.6 is 0 Å². The summed E-state index contributed by atoms with van der Waals surface area (Å²) in [6.07, 6.45) is 26.0. The fourth-order valence-corrected chi connectivity index (χ4v) is 7.47. The van der Waals surface area contributed by atoms with E-state index in [-0.39, 0.29) is 24.2 Å². The molecule has 0 aromatic carbocycles. The van der Waals surface area contributed by atoms with E-state index in [9.17, 15) is 14.7 Å². The summed E-state index contributed by atoms with van der Waals surface area (Å²) in [7, 11) is 0. The Morgan fingerprint density at radius 1 is 0.933 bits per heavy atom. The van der Waals surface area contributed by atoms with Gasteiger partial charge in [0.05, 0.1) is 11.7 Å². The maximum atomic E-state index is 11.8. The summed E-state index contributed by atoms with van der Waals surface area (Å²) in [4.78, 5) is 26.6. The first kappa shape index (κ1) is 37.3. The molecule has 2 heterocycles. The minimum absolute atomic E-state index is 0.0488. The van der Waals surface area contributed by atoms with Crippen LogP contribution in [0.1, 0.15) is 118 Å². The van der Waals surface area contributed by atoms with Gasteiger partial charge in [-0.3, -0.25) is 9.69 Å². The highest BCUT2D eigenvalue weighted by atomic mass is 16.5. The van der Waals surface area contributed by atoms with Crippen molar-refractivity contribution in [3.05, 3.63) is 36.0 Å². The van der Waals surface area contributed by atoms with Gasteiger partial charge in [0, 0.05) is 44.9 Å². The summed E-state index contributed by atoms with van der Waals surface area (Å²) in [5.41, 5.74) is 1.11. The molecule has 45 heavy (non-hydrogen) atoms. The molecule has 0 radical (unpaired) electrons. The lowest BCUT2D eigenvalue weighted by atomic mass is 9.83. The van der Waals surface area contributed by atoms with E-state index in [0.717, 1.165) is 57.7 Å². The molecule has 256 valence electrons. The van der Waals surface area contributed by atoms with E-state index >= 15 is 0 Å². The maximum Gasteiger partial charge on any atom is 0.407 e. The van der Waals surface area contributed by atoms with Gasteiger partial charge in [-0.1, -0.05) is 62.5 Å². The van der Waals surface area contributed by atoms with Gasteiger partial charge in [-0.25, -0.2) is 4.79 Å². The van der Waals surface area contributed by atoms with Crippen molar-refractivity contribution in [3.8, 4) is 0 Å². The minimum atomic E-state index is -0.763. The summed E-state index contributed by atoms with van der Waals surface area (Å²) in [6.45, 7) is 11.9. The SMILES string of the molecule is CC/C=C\C(=O)NC1CCC(C/C=C(C)/C=C/C2CC(CO)CC(C)(C)O2)CC1.O=C(O)N1CCN(C2CCCCCC2)CC1. The first-order valence-electron chi connectivity index (χ1n) is 17.9. The quantitative estimate of drug-likeness (QED) is 0.143. The Balaban J connectivity index is 0.000000289. The van der Waals surface area contributed by atoms with Gasteiger partial charge < -0.3 is 25.2 Å². The van der Waals surface area contributed by atoms with Crippen LogP contribution in [0.4, 0.5) is 4.79 Å². The maximum absolute atomic E-state index is 11.8. The molecule has 2 saturated carbocycles. The number of nitrogens with zero attached hydrogens (tertiary/aromatic N) is 2. The van der Waals surface area contributed by atoms with Crippen molar-refractivity contribution in [2.75, 3.05) is 32.8 Å². The molecule has 0 aromatic heterocycles. The Morgan fingerprint density at radius 2 is 1.60 bits per heavy atom. The molecule has 2 unspecified atom stereocenters. The molecule has 0 aromatic rings. The molecule has 2 aliphatic carbocycles. The van der Waals surface area contributed by atoms with Crippen molar-refractivity contribution >= 4 is 12.0 Å². The molecule has 2 atom stereocenters. The van der Waals surface area contributed by atoms with Crippen LogP contribution in [0.25, 0.3) is 0 Å². The van der Waals surface area contributed by atoms with Gasteiger partial charge in [0.2, 0.25) is 5.91 Å². The summed E-state index contributed by atoms with van der Waals surface area (Å²) >= 11 is 0. The van der Waals surface area contributed by atoms with Crippen molar-refractivity contribution in [3.63, 3.8) is 0 Å². The average Bonchev–Trinajstić information content (AvgIpc) is 3.32. The number of aliphatic hydroxyl groups excluding tert-OH is 1. The zero-order valence-electron chi connectivity index (χ0n) is 28.7. The number of nitrogens with one attached hydrogen (secondary N) is 1. The van der Waals surface area contributed by atoms with Crippen LogP contribution < -0.4 is 5.32 Å². The van der Waals surface area contributed by atoms with E-state index in [1.54, 1.807) is 6.08 Å². The first-order chi connectivity index (χ1) is 21.6. The van der Waals surface area contributed by atoms with Gasteiger partial charge >= 0.3 is 6.09 Å². The van der Waals surface area contributed by atoms with Gasteiger partial charge in [0.15, 0.2) is 0 Å². The number of hydrogen-bond donors (Lipinski definition) is 3. The lowest BCUT2D eigenvalue weighted by Gasteiger charge is -2.39. The van der Waals surface area contributed by atoms with E-state index < -0.39 is 6.09 Å². The summed E-state index contributed by atoms with van der Waals surface area (Å²) in [6, 6.07) is 1.05. The lowest BCUT2D eigenvalue weighted by molar-refractivity contribution is -0.117. The van der Waals surface area contributed by atoms with Gasteiger partial charge in [0.25, 0.3) is 0 Å². The third-order valence-electron chi connectivity index (χ3n) is 10.0. The molecule has 2 aliphatic heterocycles. The third-order valence-corrected chi connectivity index (χ3v) is 10.0. The van der Waals surface area contributed by atoms with Crippen molar-refractivity contribution in [2.45, 2.75) is 141 Å². The predicted molar refractivity (Wildman–Crippen MR) is 182 cm³/mol. The molecular formula is C37H63N3O5. The Labute approximate surface area is 273 Å². The van der Waals surface area contributed by atoms with E-state index in [1.807, 2.05) is 13.0 Å². The first-order valence-corrected chi connectivity index (χ1v) is 17.9. The number of piperazine rings is 1. The van der Waals surface area contributed by atoms with Crippen LogP contribution in [0.2, 0.25) is 0 Å². The van der Waals surface area contributed by atoms with Crippen LogP contribution in [0, 0.1) is 11.8 Å². The van der Waals surface area contributed by atoms with Gasteiger partial charge in [0.1, 0.15) is 0 Å². The van der Waals surface area contributed by atoms with Gasteiger partial charge in [-0.05, 0) is 103 Å². The van der Waals surface area contributed by atoms with Gasteiger partial charge in [-0.2, -0.15) is 0 Å². The smallest absolute Gasteiger partial charge is 0.407 e. The highest BCUT2D eigenvalue weighted by Gasteiger charge is 2.33. The van der Waals surface area contributed by atoms with Gasteiger partial charge in [-0.15, -0.1) is 0 Å². The fraction of sp³-hybridized carbons (Fsp3) is 0.784. The second kappa shape index (κ2) is 19.5. The second-order valence-corrected chi connectivity index (χ2v) is 14.4. The number of carbonyl (C=O) groups is 2. The molecule has 8 heteroatoms. The number of carboxylic acid groups (broad SMARTS) is 1. The zero-order valence-corrected chi connectivity index (χ0v) is 28.7. The van der Waals surface area contributed by atoms with E-state index in [1.165, 1.54) is 61.8 Å². The number of aliphatic hydroxyl groups is 1. The molecule has 3 N–H and O–H groups in total. The predicted octanol–water partition coefficient (Wildman–Crippen LogP) is 7.09. The van der Waals surface area contributed by atoms with Crippen molar-refractivity contribution < 1.29 is 24.5 Å². The second-order valence-electron chi connectivity index (χ2n) is 14.4. The summed E-state index contributed by atoms with van der Waals surface area (Å²) < 4.78 is 6.15. The molecule has 2 saturated heterocycles. The molecule has 4 fully saturated rings. The summed E-state index contributed by atoms with van der Waals surface area (Å²) in [5, 5.41) is 21.5. The van der Waals surface area contributed by atoms with Crippen LogP contribution in [0.15, 0.2) is 36.0 Å².